The summed E-state index contributed by atoms with van der Waals surface area (Å²) >= 11 is 6.91. The van der Waals surface area contributed by atoms with E-state index >= 15 is 0 Å². The Balaban J connectivity index is 2.13. The maximum Gasteiger partial charge on any atom is 0.325 e. The molecule has 2 amide bonds. The van der Waals surface area contributed by atoms with E-state index in [0.29, 0.717) is 21.3 Å². The number of hydrogen-bond donors (Lipinski definition) is 1. The Morgan fingerprint density at radius 1 is 0.970 bits per heavy atom. The van der Waals surface area contributed by atoms with Gasteiger partial charge >= 0.3 is 5.97 Å². The summed E-state index contributed by atoms with van der Waals surface area (Å²) in [7, 11) is 1.28. The zero-order chi connectivity index (χ0) is 24.0. The Hall–Kier alpha value is -2.97. The van der Waals surface area contributed by atoms with E-state index in [2.05, 4.69) is 37.2 Å². The number of carbonyl (C=O) groups excluding carboxylic acids is 3. The van der Waals surface area contributed by atoms with E-state index < -0.39 is 12.0 Å². The number of ether oxygens (including phenoxy) is 1. The third-order valence-corrected chi connectivity index (χ3v) is 6.22. The lowest BCUT2D eigenvalue weighted by molar-refractivity contribution is -0.147. The second-order valence-corrected chi connectivity index (χ2v) is 8.97. The number of hydrogen-bond acceptors (Lipinski definition) is 4. The fraction of sp³-hybridized carbons (Fsp3) is 0.160. The van der Waals surface area contributed by atoms with Crippen molar-refractivity contribution in [3.05, 3.63) is 98.4 Å². The first-order valence-corrected chi connectivity index (χ1v) is 11.6. The van der Waals surface area contributed by atoms with Gasteiger partial charge in [-0.3, -0.25) is 14.4 Å². The summed E-state index contributed by atoms with van der Waals surface area (Å²) in [6.45, 7) is 1.16. The third kappa shape index (κ3) is 6.09. The second-order valence-electron chi connectivity index (χ2n) is 7.20. The number of carbonyl (C=O) groups is 3. The summed E-state index contributed by atoms with van der Waals surface area (Å²) in [5.41, 5.74) is 2.42. The van der Waals surface area contributed by atoms with Crippen molar-refractivity contribution in [2.24, 2.45) is 0 Å². The quantitative estimate of drug-likeness (QED) is 0.375. The molecular formula is C25H22Br2N2O4. The smallest absolute Gasteiger partial charge is 0.325 e. The maximum absolute atomic E-state index is 13.1. The minimum atomic E-state index is -0.644. The normalized spacial score (nSPS) is 11.4. The summed E-state index contributed by atoms with van der Waals surface area (Å²) in [5.74, 6) is -1.16. The molecule has 33 heavy (non-hydrogen) atoms. The highest BCUT2D eigenvalue weighted by molar-refractivity contribution is 9.10. The zero-order valence-corrected chi connectivity index (χ0v) is 21.2. The molecule has 0 aliphatic heterocycles. The van der Waals surface area contributed by atoms with Crippen molar-refractivity contribution in [2.45, 2.75) is 13.0 Å². The standard InChI is InChI=1S/C25H22Br2N2O4/c1-16(30)29(15-23(31)33-2)24(17-8-4-3-5-9-17)20-14-18(26)12-13-22(20)28-25(32)19-10-6-7-11-21(19)27/h3-14,24H,15H2,1-2H3,(H,28,32). The van der Waals surface area contributed by atoms with Gasteiger partial charge in [-0.25, -0.2) is 0 Å². The number of halogens is 2. The summed E-state index contributed by atoms with van der Waals surface area (Å²) in [6.07, 6.45) is 0. The van der Waals surface area contributed by atoms with Gasteiger partial charge < -0.3 is 15.0 Å². The molecule has 1 atom stereocenters. The average Bonchev–Trinajstić information content (AvgIpc) is 2.81. The van der Waals surface area contributed by atoms with E-state index in [9.17, 15) is 14.4 Å². The minimum absolute atomic E-state index is 0.241. The molecule has 0 aliphatic carbocycles. The van der Waals surface area contributed by atoms with Gasteiger partial charge in [0.1, 0.15) is 6.54 Å². The van der Waals surface area contributed by atoms with Crippen LogP contribution in [0.25, 0.3) is 0 Å². The van der Waals surface area contributed by atoms with E-state index in [0.717, 1.165) is 10.0 Å². The number of amides is 2. The topological polar surface area (TPSA) is 75.7 Å². The lowest BCUT2D eigenvalue weighted by Gasteiger charge is -2.32. The molecule has 0 spiro atoms. The molecule has 3 rings (SSSR count). The van der Waals surface area contributed by atoms with Crippen molar-refractivity contribution in [3.63, 3.8) is 0 Å². The summed E-state index contributed by atoms with van der Waals surface area (Å²) in [6, 6.07) is 21.2. The molecule has 0 heterocycles. The molecule has 8 heteroatoms. The van der Waals surface area contributed by atoms with Crippen molar-refractivity contribution < 1.29 is 19.1 Å². The fourth-order valence-electron chi connectivity index (χ4n) is 3.46. The predicted molar refractivity (Wildman–Crippen MR) is 134 cm³/mol. The molecule has 6 nitrogen and oxygen atoms in total. The highest BCUT2D eigenvalue weighted by atomic mass is 79.9. The highest BCUT2D eigenvalue weighted by Crippen LogP contribution is 2.36. The van der Waals surface area contributed by atoms with E-state index in [1.165, 1.54) is 18.9 Å². The predicted octanol–water partition coefficient (Wildman–Crippen LogP) is 5.57. The van der Waals surface area contributed by atoms with Crippen LogP contribution < -0.4 is 5.32 Å². The molecule has 0 saturated heterocycles. The fourth-order valence-corrected chi connectivity index (χ4v) is 4.30. The monoisotopic (exact) mass is 572 g/mol. The van der Waals surface area contributed by atoms with E-state index in [-0.39, 0.29) is 18.4 Å². The highest BCUT2D eigenvalue weighted by Gasteiger charge is 2.29. The van der Waals surface area contributed by atoms with Gasteiger partial charge in [0.2, 0.25) is 5.91 Å². The lowest BCUT2D eigenvalue weighted by atomic mass is 9.95. The first kappa shape index (κ1) is 24.7. The van der Waals surface area contributed by atoms with Gasteiger partial charge in [0.05, 0.1) is 18.7 Å². The molecule has 3 aromatic carbocycles. The van der Waals surface area contributed by atoms with Crippen LogP contribution in [-0.4, -0.2) is 36.3 Å². The number of nitrogens with zero attached hydrogens (tertiary/aromatic N) is 1. The first-order valence-electron chi connectivity index (χ1n) is 10.1. The number of methoxy groups -OCH3 is 1. The minimum Gasteiger partial charge on any atom is -0.468 e. The molecule has 1 unspecified atom stereocenters. The van der Waals surface area contributed by atoms with Gasteiger partial charge in [-0.2, -0.15) is 0 Å². The molecule has 0 aromatic heterocycles. The van der Waals surface area contributed by atoms with Gasteiger partial charge in [0.25, 0.3) is 5.91 Å². The number of rotatable bonds is 7. The van der Waals surface area contributed by atoms with E-state index in [1.807, 2.05) is 42.5 Å². The van der Waals surface area contributed by atoms with Gasteiger partial charge in [-0.1, -0.05) is 58.4 Å². The van der Waals surface area contributed by atoms with Crippen LogP contribution in [0.2, 0.25) is 0 Å². The summed E-state index contributed by atoms with van der Waals surface area (Å²) in [4.78, 5) is 39.3. The molecule has 0 bridgehead atoms. The molecule has 1 N–H and O–H groups in total. The average molecular weight is 574 g/mol. The maximum atomic E-state index is 13.1. The van der Waals surface area contributed by atoms with Gasteiger partial charge in [0.15, 0.2) is 0 Å². The zero-order valence-electron chi connectivity index (χ0n) is 18.0. The molecule has 0 saturated carbocycles. The molecule has 0 fully saturated rings. The largest absolute Gasteiger partial charge is 0.468 e. The van der Waals surface area contributed by atoms with Crippen LogP contribution in [0.1, 0.15) is 34.5 Å². The van der Waals surface area contributed by atoms with Crippen LogP contribution in [0.3, 0.4) is 0 Å². The van der Waals surface area contributed by atoms with E-state index in [4.69, 9.17) is 4.74 Å². The molecule has 170 valence electrons. The van der Waals surface area contributed by atoms with Gasteiger partial charge in [-0.15, -0.1) is 0 Å². The van der Waals surface area contributed by atoms with Crippen LogP contribution in [0.5, 0.6) is 0 Å². The number of benzene rings is 3. The summed E-state index contributed by atoms with van der Waals surface area (Å²) < 4.78 is 6.25. The Morgan fingerprint density at radius 3 is 2.27 bits per heavy atom. The third-order valence-electron chi connectivity index (χ3n) is 5.03. The summed E-state index contributed by atoms with van der Waals surface area (Å²) in [5, 5.41) is 2.96. The van der Waals surface area contributed by atoms with Crippen molar-refractivity contribution in [1.82, 2.24) is 4.90 Å². The van der Waals surface area contributed by atoms with Crippen molar-refractivity contribution >= 4 is 55.3 Å². The lowest BCUT2D eigenvalue weighted by Crippen LogP contribution is -2.38. The Kier molecular flexibility index (Phi) is 8.41. The number of esters is 1. The van der Waals surface area contributed by atoms with Crippen LogP contribution in [0.4, 0.5) is 5.69 Å². The van der Waals surface area contributed by atoms with Crippen molar-refractivity contribution in [2.75, 3.05) is 19.0 Å². The van der Waals surface area contributed by atoms with Crippen LogP contribution in [0, 0.1) is 0 Å². The molecule has 0 radical (unpaired) electrons. The van der Waals surface area contributed by atoms with Crippen molar-refractivity contribution in [3.8, 4) is 0 Å². The molecular weight excluding hydrogens is 552 g/mol. The SMILES string of the molecule is COC(=O)CN(C(C)=O)C(c1ccccc1)c1cc(Br)ccc1NC(=O)c1ccccc1Br. The van der Waals surface area contributed by atoms with Gasteiger partial charge in [-0.05, 0) is 51.8 Å². The molecule has 0 aliphatic rings. The first-order chi connectivity index (χ1) is 15.8. The van der Waals surface area contributed by atoms with E-state index in [1.54, 1.807) is 30.3 Å². The van der Waals surface area contributed by atoms with Gasteiger partial charge in [0, 0.05) is 27.1 Å². The Labute approximate surface area is 209 Å². The Bertz CT molecular complexity index is 1170. The Morgan fingerprint density at radius 2 is 1.64 bits per heavy atom. The van der Waals surface area contributed by atoms with Crippen LogP contribution in [-0.2, 0) is 14.3 Å². The molecule has 3 aromatic rings. The van der Waals surface area contributed by atoms with Crippen molar-refractivity contribution in [1.29, 1.82) is 0 Å². The number of anilines is 1. The second kappa shape index (κ2) is 11.2. The van der Waals surface area contributed by atoms with Crippen LogP contribution in [0.15, 0.2) is 81.7 Å². The van der Waals surface area contributed by atoms with Crippen LogP contribution >= 0.6 is 31.9 Å². The number of nitrogens with one attached hydrogen (secondary N) is 1.